The lowest BCUT2D eigenvalue weighted by molar-refractivity contribution is 0.102. The topological polar surface area (TPSA) is 104 Å². The van der Waals surface area contributed by atoms with Crippen molar-refractivity contribution in [3.05, 3.63) is 99.3 Å². The van der Waals surface area contributed by atoms with Crippen LogP contribution in [0.4, 0.5) is 10.1 Å². The predicted molar refractivity (Wildman–Crippen MR) is 161 cm³/mol. The highest BCUT2D eigenvalue weighted by Gasteiger charge is 2.23. The van der Waals surface area contributed by atoms with Gasteiger partial charge < -0.3 is 14.8 Å². The van der Waals surface area contributed by atoms with Gasteiger partial charge >= 0.3 is 0 Å². The molecule has 2 aromatic heterocycles. The highest BCUT2D eigenvalue weighted by molar-refractivity contribution is 7.10. The molecule has 0 radical (unpaired) electrons. The summed E-state index contributed by atoms with van der Waals surface area (Å²) < 4.78 is 25.9. The van der Waals surface area contributed by atoms with Crippen LogP contribution in [-0.4, -0.2) is 45.3 Å². The number of amides is 1. The predicted octanol–water partition coefficient (Wildman–Crippen LogP) is 5.92. The first-order valence-corrected chi connectivity index (χ1v) is 14.5. The number of hydrogen-bond donors (Lipinski definition) is 1. The van der Waals surface area contributed by atoms with E-state index in [-0.39, 0.29) is 17.1 Å². The van der Waals surface area contributed by atoms with Crippen molar-refractivity contribution in [2.45, 2.75) is 31.7 Å². The van der Waals surface area contributed by atoms with E-state index >= 15 is 4.39 Å². The number of carbonyl (C=O) groups is 1. The lowest BCUT2D eigenvalue weighted by Gasteiger charge is -2.22. The van der Waals surface area contributed by atoms with Gasteiger partial charge in [0, 0.05) is 28.1 Å². The van der Waals surface area contributed by atoms with E-state index in [0.29, 0.717) is 29.3 Å². The number of rotatable bonds is 8. The zero-order valence-corrected chi connectivity index (χ0v) is 24.3. The third-order valence-corrected chi connectivity index (χ3v) is 7.95. The molecule has 1 aliphatic carbocycles. The molecule has 1 amide bonds. The van der Waals surface area contributed by atoms with Crippen molar-refractivity contribution in [2.75, 3.05) is 19.5 Å². The Labute approximate surface area is 251 Å². The van der Waals surface area contributed by atoms with Crippen LogP contribution in [0.2, 0.25) is 0 Å². The van der Waals surface area contributed by atoms with Crippen LogP contribution in [0.15, 0.2) is 66.0 Å². The smallest absolute Gasteiger partial charge is 0.262 e. The molecule has 9 nitrogen and oxygen atoms in total. The molecule has 0 aliphatic heterocycles. The SMILES string of the molecule is COc1ccc(Cn2nnc(-c3cc(F)c(C(=O)Nc4cccc(C#Cc5nc(C6CCC6)cs5)c4)c(OC)c3)n2)cc1. The summed E-state index contributed by atoms with van der Waals surface area (Å²) in [6.45, 7) is 0.367. The molecule has 6 rings (SSSR count). The van der Waals surface area contributed by atoms with E-state index in [1.54, 1.807) is 25.3 Å². The first-order valence-electron chi connectivity index (χ1n) is 13.7. The van der Waals surface area contributed by atoms with Crippen LogP contribution in [0.5, 0.6) is 11.5 Å². The maximum atomic E-state index is 15.4. The molecule has 0 spiro atoms. The molecule has 0 atom stereocenters. The van der Waals surface area contributed by atoms with E-state index in [2.05, 4.69) is 42.9 Å². The number of tetrazole rings is 1. The Hall–Kier alpha value is -5.08. The molecule has 1 aliphatic rings. The summed E-state index contributed by atoms with van der Waals surface area (Å²) in [5, 5.41) is 18.1. The highest BCUT2D eigenvalue weighted by atomic mass is 32.1. The van der Waals surface area contributed by atoms with Crippen LogP contribution < -0.4 is 14.8 Å². The fraction of sp³-hybridized carbons (Fsp3) is 0.219. The number of carbonyl (C=O) groups excluding carboxylic acids is 1. The lowest BCUT2D eigenvalue weighted by atomic mass is 9.83. The van der Waals surface area contributed by atoms with Gasteiger partial charge in [0.25, 0.3) is 5.91 Å². The lowest BCUT2D eigenvalue weighted by Crippen LogP contribution is -2.15. The number of methoxy groups -OCH3 is 2. The number of ether oxygens (including phenoxy) is 2. The molecule has 1 N–H and O–H groups in total. The number of aromatic nitrogens is 5. The third kappa shape index (κ3) is 6.39. The van der Waals surface area contributed by atoms with Gasteiger partial charge in [-0.05, 0) is 72.0 Å². The van der Waals surface area contributed by atoms with Crippen LogP contribution in [0.25, 0.3) is 11.4 Å². The number of nitrogens with zero attached hydrogens (tertiary/aromatic N) is 5. The van der Waals surface area contributed by atoms with Crippen molar-refractivity contribution in [1.82, 2.24) is 25.2 Å². The average molecular weight is 595 g/mol. The Morgan fingerprint density at radius 1 is 1.09 bits per heavy atom. The standard InChI is InChI=1S/C32H27FN6O3S/c1-41-25-12-9-21(10-13-25)18-39-37-31(36-38-39)23-16-26(33)30(28(17-23)42-2)32(40)34-24-8-3-5-20(15-24)11-14-29-35-27(19-43-29)22-6-4-7-22/h3,5,8-10,12-13,15-17,19,22H,4,6-7,18H2,1-2H3,(H,34,40). The number of hydrogen-bond acceptors (Lipinski definition) is 8. The Morgan fingerprint density at radius 3 is 2.67 bits per heavy atom. The minimum absolute atomic E-state index is 0.0426. The van der Waals surface area contributed by atoms with E-state index in [0.717, 1.165) is 22.0 Å². The molecule has 0 unspecified atom stereocenters. The van der Waals surface area contributed by atoms with Gasteiger partial charge in [-0.15, -0.1) is 21.5 Å². The minimum atomic E-state index is -0.777. The minimum Gasteiger partial charge on any atom is -0.497 e. The van der Waals surface area contributed by atoms with Gasteiger partial charge in [-0.25, -0.2) is 9.37 Å². The Morgan fingerprint density at radius 2 is 1.93 bits per heavy atom. The second-order valence-electron chi connectivity index (χ2n) is 10.0. The molecule has 43 heavy (non-hydrogen) atoms. The van der Waals surface area contributed by atoms with E-state index in [1.165, 1.54) is 54.6 Å². The van der Waals surface area contributed by atoms with Crippen LogP contribution in [-0.2, 0) is 6.54 Å². The zero-order valence-electron chi connectivity index (χ0n) is 23.5. The molecular weight excluding hydrogens is 567 g/mol. The molecule has 2 heterocycles. The largest absolute Gasteiger partial charge is 0.497 e. The van der Waals surface area contributed by atoms with Crippen molar-refractivity contribution in [2.24, 2.45) is 0 Å². The van der Waals surface area contributed by atoms with E-state index in [1.807, 2.05) is 30.3 Å². The maximum absolute atomic E-state index is 15.4. The zero-order chi connectivity index (χ0) is 29.8. The summed E-state index contributed by atoms with van der Waals surface area (Å²) in [4.78, 5) is 19.2. The van der Waals surface area contributed by atoms with Gasteiger partial charge in [0.2, 0.25) is 5.82 Å². The molecular formula is C32H27FN6O3S. The van der Waals surface area contributed by atoms with Gasteiger partial charge in [0.1, 0.15) is 22.9 Å². The van der Waals surface area contributed by atoms with E-state index in [4.69, 9.17) is 9.47 Å². The van der Waals surface area contributed by atoms with Crippen molar-refractivity contribution in [3.8, 4) is 34.7 Å². The quantitative estimate of drug-likeness (QED) is 0.222. The van der Waals surface area contributed by atoms with Gasteiger partial charge in [-0.2, -0.15) is 4.80 Å². The van der Waals surface area contributed by atoms with Crippen molar-refractivity contribution < 1.29 is 18.7 Å². The molecule has 0 bridgehead atoms. The summed E-state index contributed by atoms with van der Waals surface area (Å²) >= 11 is 1.54. The van der Waals surface area contributed by atoms with Crippen LogP contribution in [0.1, 0.15) is 57.4 Å². The van der Waals surface area contributed by atoms with Crippen molar-refractivity contribution in [1.29, 1.82) is 0 Å². The summed E-state index contributed by atoms with van der Waals surface area (Å²) in [6, 6.07) is 17.2. The molecule has 5 aromatic rings. The Bertz CT molecular complexity index is 1840. The summed E-state index contributed by atoms with van der Waals surface area (Å²) in [5.74, 6) is 6.32. The number of anilines is 1. The highest BCUT2D eigenvalue weighted by Crippen LogP contribution is 2.36. The molecule has 1 fully saturated rings. The molecule has 3 aromatic carbocycles. The normalized spacial score (nSPS) is 12.6. The van der Waals surface area contributed by atoms with Crippen molar-refractivity contribution in [3.63, 3.8) is 0 Å². The van der Waals surface area contributed by atoms with Gasteiger partial charge in [0.05, 0.1) is 26.5 Å². The monoisotopic (exact) mass is 594 g/mol. The second kappa shape index (κ2) is 12.4. The maximum Gasteiger partial charge on any atom is 0.262 e. The number of halogens is 1. The fourth-order valence-corrected chi connectivity index (χ4v) is 5.39. The van der Waals surface area contributed by atoms with Gasteiger partial charge in [-0.1, -0.05) is 30.5 Å². The first-order chi connectivity index (χ1) is 21.0. The Kier molecular flexibility index (Phi) is 8.11. The van der Waals surface area contributed by atoms with Crippen molar-refractivity contribution >= 4 is 22.9 Å². The average Bonchev–Trinajstić information content (AvgIpc) is 3.65. The van der Waals surface area contributed by atoms with Crippen LogP contribution in [0.3, 0.4) is 0 Å². The van der Waals surface area contributed by atoms with Crippen LogP contribution in [0, 0.1) is 17.7 Å². The van der Waals surface area contributed by atoms with Gasteiger partial charge in [-0.3, -0.25) is 4.79 Å². The van der Waals surface area contributed by atoms with E-state index in [9.17, 15) is 4.79 Å². The fourth-order valence-electron chi connectivity index (χ4n) is 4.64. The Balaban J connectivity index is 1.16. The summed E-state index contributed by atoms with van der Waals surface area (Å²) in [6.07, 6.45) is 3.64. The molecule has 11 heteroatoms. The number of thiazole rings is 1. The van der Waals surface area contributed by atoms with Crippen LogP contribution >= 0.6 is 11.3 Å². The molecule has 0 saturated heterocycles. The second-order valence-corrected chi connectivity index (χ2v) is 10.9. The van der Waals surface area contributed by atoms with Gasteiger partial charge in [0.15, 0.2) is 5.01 Å². The van der Waals surface area contributed by atoms with E-state index < -0.39 is 11.7 Å². The molecule has 216 valence electrons. The number of nitrogens with one attached hydrogen (secondary N) is 1. The molecule has 1 saturated carbocycles. The third-order valence-electron chi connectivity index (χ3n) is 7.17. The summed E-state index contributed by atoms with van der Waals surface area (Å²) in [5.41, 5.74) is 3.32. The first kappa shape index (κ1) is 28.1. The summed E-state index contributed by atoms with van der Waals surface area (Å²) in [7, 11) is 2.97. The number of benzene rings is 3.